The molecule has 3 rings (SSSR count). The van der Waals surface area contributed by atoms with Gasteiger partial charge in [-0.3, -0.25) is 4.40 Å². The quantitative estimate of drug-likeness (QED) is 0.775. The molecule has 0 spiro atoms. The zero-order chi connectivity index (χ0) is 14.1. The number of benzene rings is 1. The first-order valence-corrected chi connectivity index (χ1v) is 7.36. The molecule has 0 fully saturated rings. The summed E-state index contributed by atoms with van der Waals surface area (Å²) in [7, 11) is 0. The lowest BCUT2D eigenvalue weighted by Crippen LogP contribution is -2.03. The third-order valence-corrected chi connectivity index (χ3v) is 4.24. The van der Waals surface area contributed by atoms with E-state index in [1.54, 1.807) is 11.3 Å². The third kappa shape index (κ3) is 2.42. The molecule has 0 aliphatic heterocycles. The Morgan fingerprint density at radius 2 is 2.00 bits per heavy atom. The highest BCUT2D eigenvalue weighted by Gasteiger charge is 2.10. The predicted molar refractivity (Wildman–Crippen MR) is 82.2 cm³/mol. The lowest BCUT2D eigenvalue weighted by atomic mass is 10.2. The SMILES string of the molecule is Cc1cn2c(CNc3ccc(CO)cc3)c(C)nc2s1. The monoisotopic (exact) mass is 287 g/mol. The molecule has 0 saturated carbocycles. The third-order valence-electron chi connectivity index (χ3n) is 3.34. The minimum atomic E-state index is 0.0802. The van der Waals surface area contributed by atoms with Crippen molar-refractivity contribution in [2.24, 2.45) is 0 Å². The fraction of sp³-hybridized carbons (Fsp3) is 0.267. The van der Waals surface area contributed by atoms with E-state index in [0.29, 0.717) is 0 Å². The highest BCUT2D eigenvalue weighted by molar-refractivity contribution is 7.17. The smallest absolute Gasteiger partial charge is 0.194 e. The molecule has 0 amide bonds. The highest BCUT2D eigenvalue weighted by atomic mass is 32.1. The molecule has 3 aromatic rings. The lowest BCUT2D eigenvalue weighted by Gasteiger charge is -2.07. The van der Waals surface area contributed by atoms with Gasteiger partial charge in [-0.1, -0.05) is 12.1 Å². The van der Waals surface area contributed by atoms with Gasteiger partial charge >= 0.3 is 0 Å². The predicted octanol–water partition coefficient (Wildman–Crippen LogP) is 3.12. The highest BCUT2D eigenvalue weighted by Crippen LogP contribution is 2.21. The average molecular weight is 287 g/mol. The summed E-state index contributed by atoms with van der Waals surface area (Å²) in [6, 6.07) is 7.82. The Hall–Kier alpha value is -1.85. The molecule has 4 nitrogen and oxygen atoms in total. The molecular weight excluding hydrogens is 270 g/mol. The number of hydrogen-bond acceptors (Lipinski definition) is 4. The van der Waals surface area contributed by atoms with Crippen LogP contribution in [0.1, 0.15) is 21.8 Å². The van der Waals surface area contributed by atoms with Crippen molar-refractivity contribution >= 4 is 22.0 Å². The van der Waals surface area contributed by atoms with Gasteiger partial charge in [0.25, 0.3) is 0 Å². The number of nitrogens with one attached hydrogen (secondary N) is 1. The minimum absolute atomic E-state index is 0.0802. The summed E-state index contributed by atoms with van der Waals surface area (Å²) in [5, 5.41) is 12.4. The number of anilines is 1. The van der Waals surface area contributed by atoms with Crippen molar-refractivity contribution in [2.45, 2.75) is 27.0 Å². The Morgan fingerprint density at radius 3 is 2.70 bits per heavy atom. The molecule has 0 aliphatic rings. The molecule has 1 aromatic carbocycles. The van der Waals surface area contributed by atoms with Crippen molar-refractivity contribution in [2.75, 3.05) is 5.32 Å². The molecule has 0 radical (unpaired) electrons. The summed E-state index contributed by atoms with van der Waals surface area (Å²) in [5.41, 5.74) is 4.22. The number of aromatic nitrogens is 2. The van der Waals surface area contributed by atoms with E-state index in [4.69, 9.17) is 5.11 Å². The Morgan fingerprint density at radius 1 is 1.25 bits per heavy atom. The maximum atomic E-state index is 9.03. The first-order chi connectivity index (χ1) is 9.67. The number of hydrogen-bond donors (Lipinski definition) is 2. The number of rotatable bonds is 4. The summed E-state index contributed by atoms with van der Waals surface area (Å²) in [4.78, 5) is 6.90. The summed E-state index contributed by atoms with van der Waals surface area (Å²) >= 11 is 1.71. The maximum absolute atomic E-state index is 9.03. The number of fused-ring (bicyclic) bond motifs is 1. The molecule has 2 heterocycles. The van der Waals surface area contributed by atoms with E-state index in [0.717, 1.165) is 28.5 Å². The van der Waals surface area contributed by atoms with E-state index < -0.39 is 0 Å². The lowest BCUT2D eigenvalue weighted by molar-refractivity contribution is 0.282. The summed E-state index contributed by atoms with van der Waals surface area (Å²) in [6.07, 6.45) is 2.13. The van der Waals surface area contributed by atoms with E-state index in [-0.39, 0.29) is 6.61 Å². The van der Waals surface area contributed by atoms with Gasteiger partial charge in [0.2, 0.25) is 0 Å². The zero-order valence-corrected chi connectivity index (χ0v) is 12.4. The number of aliphatic hydroxyl groups is 1. The first kappa shape index (κ1) is 13.1. The van der Waals surface area contributed by atoms with Gasteiger partial charge in [0.1, 0.15) is 0 Å². The maximum Gasteiger partial charge on any atom is 0.194 e. The van der Waals surface area contributed by atoms with Crippen LogP contribution in [0.5, 0.6) is 0 Å². The van der Waals surface area contributed by atoms with Crippen molar-refractivity contribution in [1.82, 2.24) is 9.38 Å². The summed E-state index contributed by atoms with van der Waals surface area (Å²) in [5.74, 6) is 0. The van der Waals surface area contributed by atoms with E-state index in [2.05, 4.69) is 27.8 Å². The fourth-order valence-electron chi connectivity index (χ4n) is 2.24. The van der Waals surface area contributed by atoms with Crippen LogP contribution < -0.4 is 5.32 Å². The molecule has 0 atom stereocenters. The van der Waals surface area contributed by atoms with Crippen LogP contribution in [0.3, 0.4) is 0 Å². The van der Waals surface area contributed by atoms with Crippen LogP contribution in [0, 0.1) is 13.8 Å². The van der Waals surface area contributed by atoms with Crippen LogP contribution in [-0.2, 0) is 13.2 Å². The standard InChI is InChI=1S/C15H17N3OS/c1-10-8-18-14(11(2)17-15(18)20-10)7-16-13-5-3-12(9-19)4-6-13/h3-6,8,16,19H,7,9H2,1-2H3. The van der Waals surface area contributed by atoms with Crippen LogP contribution in [0.2, 0.25) is 0 Å². The molecule has 0 saturated heterocycles. The minimum Gasteiger partial charge on any atom is -0.392 e. The van der Waals surface area contributed by atoms with Crippen molar-refractivity contribution in [3.8, 4) is 0 Å². The number of thiazole rings is 1. The van der Waals surface area contributed by atoms with Gasteiger partial charge < -0.3 is 10.4 Å². The fourth-order valence-corrected chi connectivity index (χ4v) is 3.13. The second-order valence-corrected chi connectivity index (χ2v) is 6.06. The van der Waals surface area contributed by atoms with E-state index in [9.17, 15) is 0 Å². The molecule has 5 heteroatoms. The molecule has 0 unspecified atom stereocenters. The van der Waals surface area contributed by atoms with Crippen molar-refractivity contribution in [3.05, 3.63) is 52.3 Å². The topological polar surface area (TPSA) is 49.6 Å². The molecule has 104 valence electrons. The summed E-state index contributed by atoms with van der Waals surface area (Å²) < 4.78 is 2.16. The average Bonchev–Trinajstić information content (AvgIpc) is 2.92. The Bertz CT molecular complexity index is 727. The second kappa shape index (κ2) is 5.26. The van der Waals surface area contributed by atoms with E-state index in [1.165, 1.54) is 10.6 Å². The number of nitrogens with zero attached hydrogens (tertiary/aromatic N) is 2. The first-order valence-electron chi connectivity index (χ1n) is 6.55. The van der Waals surface area contributed by atoms with Gasteiger partial charge in [-0.05, 0) is 31.5 Å². The zero-order valence-electron chi connectivity index (χ0n) is 11.6. The molecule has 0 aliphatic carbocycles. The Labute approximate surface area is 121 Å². The normalized spacial score (nSPS) is 11.2. The van der Waals surface area contributed by atoms with Gasteiger partial charge in [0, 0.05) is 16.8 Å². The van der Waals surface area contributed by atoms with Gasteiger partial charge in [-0.15, -0.1) is 11.3 Å². The molecule has 2 N–H and O–H groups in total. The molecule has 20 heavy (non-hydrogen) atoms. The second-order valence-electron chi connectivity index (χ2n) is 4.85. The van der Waals surface area contributed by atoms with Gasteiger partial charge in [-0.25, -0.2) is 4.98 Å². The van der Waals surface area contributed by atoms with Crippen LogP contribution in [0.15, 0.2) is 30.5 Å². The molecule has 0 bridgehead atoms. The molecule has 2 aromatic heterocycles. The van der Waals surface area contributed by atoms with Crippen LogP contribution in [0.25, 0.3) is 4.96 Å². The van der Waals surface area contributed by atoms with Gasteiger partial charge in [-0.2, -0.15) is 0 Å². The number of aryl methyl sites for hydroxylation is 2. The Balaban J connectivity index is 1.80. The van der Waals surface area contributed by atoms with Crippen LogP contribution in [-0.4, -0.2) is 14.5 Å². The van der Waals surface area contributed by atoms with Crippen molar-refractivity contribution in [3.63, 3.8) is 0 Å². The number of imidazole rings is 1. The Kier molecular flexibility index (Phi) is 3.46. The molecular formula is C15H17N3OS. The van der Waals surface area contributed by atoms with E-state index in [1.807, 2.05) is 31.2 Å². The summed E-state index contributed by atoms with van der Waals surface area (Å²) in [6.45, 7) is 4.96. The van der Waals surface area contributed by atoms with Crippen LogP contribution in [0.4, 0.5) is 5.69 Å². The van der Waals surface area contributed by atoms with Gasteiger partial charge in [0.05, 0.1) is 24.5 Å². The van der Waals surface area contributed by atoms with Gasteiger partial charge in [0.15, 0.2) is 4.96 Å². The van der Waals surface area contributed by atoms with Crippen LogP contribution >= 0.6 is 11.3 Å². The van der Waals surface area contributed by atoms with Crippen molar-refractivity contribution in [1.29, 1.82) is 0 Å². The largest absolute Gasteiger partial charge is 0.392 e. The van der Waals surface area contributed by atoms with Crippen molar-refractivity contribution < 1.29 is 5.11 Å². The number of aliphatic hydroxyl groups excluding tert-OH is 1. The van der Waals surface area contributed by atoms with E-state index >= 15 is 0 Å².